The average molecular weight is 878 g/mol. The van der Waals surface area contributed by atoms with E-state index in [-0.39, 0.29) is 0 Å². The van der Waals surface area contributed by atoms with Crippen LogP contribution in [0.25, 0.3) is 0 Å². The van der Waals surface area contributed by atoms with Crippen molar-refractivity contribution in [3.05, 3.63) is 0 Å². The lowest BCUT2D eigenvalue weighted by Gasteiger charge is -2.65. The molecule has 2 heteroatoms. The Bertz CT molecular complexity index is 1400. The second-order valence-electron chi connectivity index (χ2n) is 27.5. The fraction of sp³-hybridized carbons (Fsp3) is 1.00. The lowest BCUT2D eigenvalue weighted by Crippen LogP contribution is -2.59. The molecule has 0 bridgehead atoms. The van der Waals surface area contributed by atoms with Gasteiger partial charge < -0.3 is 0 Å². The SMILES string of the molecule is C1CCC(N(C2CCCCC2)C2CCC(C3C4CC5CCCCC5CC4C(C4CCC(N(C5CCCCC5)C5CCCCC5)CC4)C4CC5C(CCC6CCCCC65)CC43)CC2)CC1. The van der Waals surface area contributed by atoms with Crippen LogP contribution in [-0.2, 0) is 0 Å². The van der Waals surface area contributed by atoms with Crippen molar-refractivity contribution >= 4 is 0 Å². The van der Waals surface area contributed by atoms with Crippen LogP contribution in [0.5, 0.6) is 0 Å². The van der Waals surface area contributed by atoms with Crippen molar-refractivity contribution in [2.45, 2.75) is 306 Å². The number of hydrogen-bond acceptors (Lipinski definition) is 2. The summed E-state index contributed by atoms with van der Waals surface area (Å²) in [6.07, 6.45) is 66.1. The fourth-order valence-electron chi connectivity index (χ4n) is 22.5. The highest BCUT2D eigenvalue weighted by atomic mass is 15.2. The van der Waals surface area contributed by atoms with Crippen molar-refractivity contribution in [2.24, 2.45) is 82.9 Å². The van der Waals surface area contributed by atoms with E-state index in [9.17, 15) is 0 Å². The smallest absolute Gasteiger partial charge is 0.0101 e. The van der Waals surface area contributed by atoms with Gasteiger partial charge in [-0.15, -0.1) is 0 Å². The molecule has 0 radical (unpaired) electrons. The molecule has 0 aliphatic heterocycles. The average Bonchev–Trinajstić information content (AvgIpc) is 3.36. The number of hydrogen-bond donors (Lipinski definition) is 0. The van der Waals surface area contributed by atoms with E-state index in [1.54, 1.807) is 141 Å². The molecule has 0 heterocycles. The summed E-state index contributed by atoms with van der Waals surface area (Å²) in [6, 6.07) is 5.58. The van der Waals surface area contributed by atoms with Crippen molar-refractivity contribution in [1.82, 2.24) is 9.80 Å². The minimum Gasteiger partial charge on any atom is -0.294 e. The van der Waals surface area contributed by atoms with Gasteiger partial charge in [0.15, 0.2) is 0 Å². The molecule has 12 saturated carbocycles. The first kappa shape index (κ1) is 45.1. The molecule has 0 aromatic carbocycles. The topological polar surface area (TPSA) is 6.48 Å². The van der Waals surface area contributed by atoms with Crippen LogP contribution in [0.2, 0.25) is 0 Å². The Morgan fingerprint density at radius 2 is 0.469 bits per heavy atom. The largest absolute Gasteiger partial charge is 0.294 e. The van der Waals surface area contributed by atoms with Gasteiger partial charge in [0.25, 0.3) is 0 Å². The summed E-state index contributed by atoms with van der Waals surface area (Å²) in [6.45, 7) is 0. The van der Waals surface area contributed by atoms with Crippen LogP contribution in [-0.4, -0.2) is 46.1 Å². The molecule has 12 fully saturated rings. The second kappa shape index (κ2) is 20.7. The minimum absolute atomic E-state index is 0.925. The molecule has 12 rings (SSSR count). The molecule has 0 saturated heterocycles. The molecule has 12 unspecified atom stereocenters. The van der Waals surface area contributed by atoms with E-state index in [0.29, 0.717) is 0 Å². The van der Waals surface area contributed by atoms with E-state index in [1.807, 2.05) is 0 Å². The van der Waals surface area contributed by atoms with Crippen LogP contribution in [0.1, 0.15) is 270 Å². The number of nitrogens with zero attached hydrogens (tertiary/aromatic N) is 2. The lowest BCUT2D eigenvalue weighted by molar-refractivity contribution is -0.163. The van der Waals surface area contributed by atoms with E-state index < -0.39 is 0 Å². The van der Waals surface area contributed by atoms with Gasteiger partial charge in [-0.05, 0) is 231 Å². The van der Waals surface area contributed by atoms with Gasteiger partial charge in [0, 0.05) is 36.3 Å². The van der Waals surface area contributed by atoms with Crippen LogP contribution in [0.3, 0.4) is 0 Å². The zero-order valence-corrected chi connectivity index (χ0v) is 42.1. The number of fused-ring (bicyclic) bond motifs is 6. The van der Waals surface area contributed by atoms with Gasteiger partial charge in [-0.1, -0.05) is 122 Å². The van der Waals surface area contributed by atoms with Crippen LogP contribution in [0, 0.1) is 82.9 Å². The van der Waals surface area contributed by atoms with Gasteiger partial charge in [0.1, 0.15) is 0 Å². The van der Waals surface area contributed by atoms with Gasteiger partial charge in [-0.3, -0.25) is 9.80 Å². The van der Waals surface area contributed by atoms with Gasteiger partial charge in [-0.2, -0.15) is 0 Å². The van der Waals surface area contributed by atoms with Crippen molar-refractivity contribution in [3.8, 4) is 0 Å². The zero-order valence-electron chi connectivity index (χ0n) is 42.1. The number of rotatable bonds is 8. The van der Waals surface area contributed by atoms with Gasteiger partial charge in [0.2, 0.25) is 0 Å². The summed E-state index contributed by atoms with van der Waals surface area (Å²) in [5, 5.41) is 0. The molecule has 12 aliphatic carbocycles. The quantitative estimate of drug-likeness (QED) is 0.240. The first-order valence-corrected chi connectivity index (χ1v) is 31.3. The molecule has 12 aliphatic rings. The Kier molecular flexibility index (Phi) is 14.6. The maximum Gasteiger partial charge on any atom is 0.0101 e. The van der Waals surface area contributed by atoms with E-state index in [2.05, 4.69) is 9.80 Å². The minimum atomic E-state index is 0.925. The zero-order chi connectivity index (χ0) is 42.4. The molecular weight excluding hydrogens is 773 g/mol. The molecular formula is C62H104N2. The third kappa shape index (κ3) is 9.10. The molecule has 2 nitrogen and oxygen atoms in total. The van der Waals surface area contributed by atoms with Crippen LogP contribution in [0.4, 0.5) is 0 Å². The molecule has 64 heavy (non-hydrogen) atoms. The molecule has 0 aromatic rings. The van der Waals surface area contributed by atoms with Crippen LogP contribution >= 0.6 is 0 Å². The third-order valence-electron chi connectivity index (χ3n) is 24.8. The lowest BCUT2D eigenvalue weighted by atomic mass is 9.40. The maximum atomic E-state index is 3.32. The van der Waals surface area contributed by atoms with Crippen LogP contribution < -0.4 is 0 Å². The third-order valence-corrected chi connectivity index (χ3v) is 24.8. The Balaban J connectivity index is 0.838. The predicted octanol–water partition coefficient (Wildman–Crippen LogP) is 17.0. The van der Waals surface area contributed by atoms with Crippen LogP contribution in [0.15, 0.2) is 0 Å². The second-order valence-corrected chi connectivity index (χ2v) is 27.5. The Hall–Kier alpha value is -0.0800. The summed E-state index contributed by atoms with van der Waals surface area (Å²) in [4.78, 5) is 6.64. The fourth-order valence-corrected chi connectivity index (χ4v) is 22.5. The van der Waals surface area contributed by atoms with Gasteiger partial charge in [0.05, 0.1) is 0 Å². The summed E-state index contributed by atoms with van der Waals surface area (Å²) >= 11 is 0. The summed E-state index contributed by atoms with van der Waals surface area (Å²) in [7, 11) is 0. The first-order chi connectivity index (χ1) is 31.7. The molecule has 0 amide bonds. The highest BCUT2D eigenvalue weighted by Crippen LogP contribution is 2.68. The van der Waals surface area contributed by atoms with Crippen molar-refractivity contribution in [1.29, 1.82) is 0 Å². The maximum absolute atomic E-state index is 3.32. The van der Waals surface area contributed by atoms with Crippen molar-refractivity contribution in [3.63, 3.8) is 0 Å². The highest BCUT2D eigenvalue weighted by molar-refractivity contribution is 5.10. The standard InChI is InChI=1S/C62H104N2/c1-5-20-49(21-6-1)63(50-22-7-2-8-23-50)53-35-31-44(32-36-53)61-57-39-46-18-13-14-19-47(46)40-58(57)62(60-42-56-48(41-59(60)61)30-29-43-17-15-16-28-55(43)56)45-33-37-54(38-34-45)64(51-24-9-3-10-25-51)52-26-11-4-12-27-52/h43-62H,1-42H2. The highest BCUT2D eigenvalue weighted by Gasteiger charge is 2.61. The molecule has 0 spiro atoms. The molecule has 12 atom stereocenters. The summed E-state index contributed by atoms with van der Waals surface area (Å²) < 4.78 is 0. The molecule has 0 N–H and O–H groups in total. The van der Waals surface area contributed by atoms with Gasteiger partial charge >= 0.3 is 0 Å². The van der Waals surface area contributed by atoms with E-state index in [4.69, 9.17) is 0 Å². The van der Waals surface area contributed by atoms with Crippen molar-refractivity contribution < 1.29 is 0 Å². The van der Waals surface area contributed by atoms with Gasteiger partial charge in [-0.25, -0.2) is 0 Å². The summed E-state index contributed by atoms with van der Waals surface area (Å²) in [5.41, 5.74) is 0. The molecule has 0 aromatic heterocycles. The Morgan fingerprint density at radius 3 is 0.891 bits per heavy atom. The monoisotopic (exact) mass is 877 g/mol. The normalized spacial score (nSPS) is 47.0. The van der Waals surface area contributed by atoms with Crippen molar-refractivity contribution in [2.75, 3.05) is 0 Å². The first-order valence-electron chi connectivity index (χ1n) is 31.3. The predicted molar refractivity (Wildman–Crippen MR) is 269 cm³/mol. The van der Waals surface area contributed by atoms with E-state index in [1.165, 1.54) is 128 Å². The summed E-state index contributed by atoms with van der Waals surface area (Å²) in [5.74, 6) is 15.4. The Labute approximate surface area is 396 Å². The molecule has 362 valence electrons. The van der Waals surface area contributed by atoms with E-state index in [0.717, 1.165) is 119 Å². The Morgan fingerprint density at radius 1 is 0.172 bits per heavy atom. The van der Waals surface area contributed by atoms with E-state index >= 15 is 0 Å².